The van der Waals surface area contributed by atoms with Crippen LogP contribution in [0, 0.1) is 19.7 Å². The van der Waals surface area contributed by atoms with Crippen LogP contribution in [0.15, 0.2) is 30.3 Å². The van der Waals surface area contributed by atoms with Crippen LogP contribution in [0.4, 0.5) is 15.8 Å². The third kappa shape index (κ3) is 3.52. The van der Waals surface area contributed by atoms with Gasteiger partial charge in [-0.25, -0.2) is 4.39 Å². The summed E-state index contributed by atoms with van der Waals surface area (Å²) in [4.78, 5) is 10.9. The van der Waals surface area contributed by atoms with E-state index in [0.29, 0.717) is 21.8 Å². The predicted molar refractivity (Wildman–Crippen MR) is 81.9 cm³/mol. The molecule has 0 aliphatic rings. The van der Waals surface area contributed by atoms with Crippen LogP contribution >= 0.6 is 11.6 Å². The molecule has 0 atom stereocenters. The first-order valence-corrected chi connectivity index (χ1v) is 6.79. The topological polar surface area (TPSA) is 49.3 Å². The Kier molecular flexibility index (Phi) is 4.48. The number of aryl methyl sites for hydroxylation is 1. The number of carboxylic acid groups (broad SMARTS) is 1. The molecule has 0 saturated heterocycles. The number of benzene rings is 2. The van der Waals surface area contributed by atoms with Crippen molar-refractivity contribution in [1.82, 2.24) is 0 Å². The smallest absolute Gasteiger partial charge is 0.307 e. The lowest BCUT2D eigenvalue weighted by molar-refractivity contribution is -0.136. The van der Waals surface area contributed by atoms with Gasteiger partial charge in [-0.1, -0.05) is 29.3 Å². The summed E-state index contributed by atoms with van der Waals surface area (Å²) in [7, 11) is 0. The number of halogens is 2. The van der Waals surface area contributed by atoms with Crippen molar-refractivity contribution in [2.24, 2.45) is 0 Å². The number of carbonyl (C=O) groups is 1. The van der Waals surface area contributed by atoms with Gasteiger partial charge in [0.05, 0.1) is 12.1 Å². The second-order valence-corrected chi connectivity index (χ2v) is 5.30. The van der Waals surface area contributed by atoms with Crippen molar-refractivity contribution in [3.05, 3.63) is 57.9 Å². The van der Waals surface area contributed by atoms with Crippen LogP contribution in [0.25, 0.3) is 0 Å². The minimum atomic E-state index is -0.934. The molecular formula is C16H15ClFNO2. The van der Waals surface area contributed by atoms with E-state index in [1.54, 1.807) is 25.1 Å². The number of rotatable bonds is 4. The fourth-order valence-electron chi connectivity index (χ4n) is 2.06. The van der Waals surface area contributed by atoms with E-state index in [-0.39, 0.29) is 12.1 Å². The Bertz CT molecular complexity index is 701. The third-order valence-corrected chi connectivity index (χ3v) is 3.60. The molecule has 0 heterocycles. The summed E-state index contributed by atoms with van der Waals surface area (Å²) in [5.74, 6) is -1.37. The van der Waals surface area contributed by atoms with Gasteiger partial charge in [0.1, 0.15) is 0 Å². The molecule has 0 spiro atoms. The minimum Gasteiger partial charge on any atom is -0.481 e. The summed E-state index contributed by atoms with van der Waals surface area (Å²) >= 11 is 5.86. The summed E-state index contributed by atoms with van der Waals surface area (Å²) in [6.45, 7) is 3.47. The van der Waals surface area contributed by atoms with Crippen LogP contribution < -0.4 is 5.32 Å². The lowest BCUT2D eigenvalue weighted by Gasteiger charge is -2.14. The van der Waals surface area contributed by atoms with Crippen LogP contribution in [0.1, 0.15) is 16.7 Å². The summed E-state index contributed by atoms with van der Waals surface area (Å²) in [5, 5.41) is 12.3. The van der Waals surface area contributed by atoms with Crippen molar-refractivity contribution in [1.29, 1.82) is 0 Å². The van der Waals surface area contributed by atoms with Crippen LogP contribution in [-0.2, 0) is 11.2 Å². The molecule has 0 aliphatic carbocycles. The van der Waals surface area contributed by atoms with E-state index in [0.717, 1.165) is 5.56 Å². The quantitative estimate of drug-likeness (QED) is 0.876. The van der Waals surface area contributed by atoms with Gasteiger partial charge >= 0.3 is 5.97 Å². The van der Waals surface area contributed by atoms with E-state index in [1.165, 1.54) is 6.07 Å². The van der Waals surface area contributed by atoms with Gasteiger partial charge in [0.2, 0.25) is 0 Å². The minimum absolute atomic E-state index is 0.127. The van der Waals surface area contributed by atoms with Crippen molar-refractivity contribution in [2.75, 3.05) is 5.32 Å². The van der Waals surface area contributed by atoms with Crippen LogP contribution in [-0.4, -0.2) is 11.1 Å². The van der Waals surface area contributed by atoms with Crippen LogP contribution in [0.5, 0.6) is 0 Å². The molecule has 110 valence electrons. The molecule has 3 nitrogen and oxygen atoms in total. The third-order valence-electron chi connectivity index (χ3n) is 3.19. The predicted octanol–water partition coefficient (Wildman–Crippen LogP) is 4.47. The first-order valence-electron chi connectivity index (χ1n) is 6.41. The maximum Gasteiger partial charge on any atom is 0.307 e. The molecule has 0 unspecified atom stereocenters. The summed E-state index contributed by atoms with van der Waals surface area (Å²) in [5.41, 5.74) is 2.75. The van der Waals surface area contributed by atoms with E-state index in [2.05, 4.69) is 5.32 Å². The second kappa shape index (κ2) is 6.14. The highest BCUT2D eigenvalue weighted by atomic mass is 35.5. The number of hydrogen-bond acceptors (Lipinski definition) is 2. The highest BCUT2D eigenvalue weighted by Gasteiger charge is 2.12. The van der Waals surface area contributed by atoms with Crippen molar-refractivity contribution < 1.29 is 14.3 Å². The first kappa shape index (κ1) is 15.3. The molecule has 0 aromatic heterocycles. The van der Waals surface area contributed by atoms with E-state index in [9.17, 15) is 9.18 Å². The Labute approximate surface area is 127 Å². The lowest BCUT2D eigenvalue weighted by Crippen LogP contribution is -2.05. The van der Waals surface area contributed by atoms with E-state index in [1.807, 2.05) is 13.0 Å². The Balaban J connectivity index is 2.40. The fourth-order valence-corrected chi connectivity index (χ4v) is 2.20. The molecule has 2 N–H and O–H groups in total. The normalized spacial score (nSPS) is 10.5. The molecule has 2 aromatic rings. The monoisotopic (exact) mass is 307 g/mol. The zero-order chi connectivity index (χ0) is 15.6. The zero-order valence-electron chi connectivity index (χ0n) is 11.7. The second-order valence-electron chi connectivity index (χ2n) is 4.89. The zero-order valence-corrected chi connectivity index (χ0v) is 12.5. The number of hydrogen-bond donors (Lipinski definition) is 2. The van der Waals surface area contributed by atoms with Crippen molar-refractivity contribution in [3.63, 3.8) is 0 Å². The maximum atomic E-state index is 14.2. The average molecular weight is 308 g/mol. The Morgan fingerprint density at radius 3 is 2.57 bits per heavy atom. The molecule has 5 heteroatoms. The molecule has 0 aliphatic heterocycles. The van der Waals surface area contributed by atoms with Gasteiger partial charge in [0.15, 0.2) is 5.82 Å². The molecule has 0 amide bonds. The fraction of sp³-hybridized carbons (Fsp3) is 0.188. The molecule has 2 rings (SSSR count). The molecule has 2 aromatic carbocycles. The van der Waals surface area contributed by atoms with Gasteiger partial charge in [0, 0.05) is 16.3 Å². The van der Waals surface area contributed by atoms with Gasteiger partial charge in [0.25, 0.3) is 0 Å². The van der Waals surface area contributed by atoms with Crippen molar-refractivity contribution in [3.8, 4) is 0 Å². The molecule has 0 bridgehead atoms. The Morgan fingerprint density at radius 2 is 1.90 bits per heavy atom. The van der Waals surface area contributed by atoms with Crippen LogP contribution in [0.3, 0.4) is 0 Å². The van der Waals surface area contributed by atoms with E-state index < -0.39 is 11.8 Å². The molecule has 21 heavy (non-hydrogen) atoms. The Morgan fingerprint density at radius 1 is 1.24 bits per heavy atom. The first-order chi connectivity index (χ1) is 9.88. The molecular weight excluding hydrogens is 293 g/mol. The molecule has 0 fully saturated rings. The standard InChI is InChI=1S/C16H15ClFNO2/c1-9-3-5-13(11(7-9)8-15(20)21)19-14-6-4-12(17)10(2)16(14)18/h3-7,19H,8H2,1-2H3,(H,20,21). The largest absolute Gasteiger partial charge is 0.481 e. The van der Waals surface area contributed by atoms with Crippen LogP contribution in [0.2, 0.25) is 5.02 Å². The summed E-state index contributed by atoms with van der Waals surface area (Å²) < 4.78 is 14.2. The average Bonchev–Trinajstić information content (AvgIpc) is 2.41. The van der Waals surface area contributed by atoms with Gasteiger partial charge in [-0.2, -0.15) is 0 Å². The maximum absolute atomic E-state index is 14.2. The lowest BCUT2D eigenvalue weighted by atomic mass is 10.1. The number of carboxylic acids is 1. The van der Waals surface area contributed by atoms with Gasteiger partial charge < -0.3 is 10.4 Å². The summed E-state index contributed by atoms with van der Waals surface area (Å²) in [6.07, 6.45) is -0.127. The Hall–Kier alpha value is -2.07. The number of aliphatic carboxylic acids is 1. The van der Waals surface area contributed by atoms with Crippen molar-refractivity contribution in [2.45, 2.75) is 20.3 Å². The molecule has 0 saturated carbocycles. The van der Waals surface area contributed by atoms with Crippen molar-refractivity contribution >= 4 is 28.9 Å². The van der Waals surface area contributed by atoms with Gasteiger partial charge in [-0.15, -0.1) is 0 Å². The highest BCUT2D eigenvalue weighted by molar-refractivity contribution is 6.31. The van der Waals surface area contributed by atoms with E-state index >= 15 is 0 Å². The molecule has 0 radical (unpaired) electrons. The van der Waals surface area contributed by atoms with Gasteiger partial charge in [-0.05, 0) is 37.6 Å². The van der Waals surface area contributed by atoms with E-state index in [4.69, 9.17) is 16.7 Å². The highest BCUT2D eigenvalue weighted by Crippen LogP contribution is 2.29. The van der Waals surface area contributed by atoms with Gasteiger partial charge in [-0.3, -0.25) is 4.79 Å². The SMILES string of the molecule is Cc1ccc(Nc2ccc(Cl)c(C)c2F)c(CC(=O)O)c1. The summed E-state index contributed by atoms with van der Waals surface area (Å²) in [6, 6.07) is 8.50. The number of anilines is 2. The number of nitrogens with one attached hydrogen (secondary N) is 1.